The first-order valence-electron chi connectivity index (χ1n) is 8.65. The van der Waals surface area contributed by atoms with E-state index in [0.29, 0.717) is 29.9 Å². The van der Waals surface area contributed by atoms with Gasteiger partial charge in [0, 0.05) is 36.5 Å². The average molecular weight is 354 g/mol. The van der Waals surface area contributed by atoms with Gasteiger partial charge in [-0.2, -0.15) is 0 Å². The van der Waals surface area contributed by atoms with E-state index in [4.69, 9.17) is 4.74 Å². The maximum Gasteiger partial charge on any atom is 0.270 e. The van der Waals surface area contributed by atoms with Gasteiger partial charge in [-0.25, -0.2) is 0 Å². The summed E-state index contributed by atoms with van der Waals surface area (Å²) in [5.41, 5.74) is 2.55. The molecule has 3 rings (SSSR count). The summed E-state index contributed by atoms with van der Waals surface area (Å²) in [5, 5.41) is 11.2. The molecule has 6 nitrogen and oxygen atoms in total. The molecule has 0 spiro atoms. The lowest BCUT2D eigenvalue weighted by Gasteiger charge is -2.37. The monoisotopic (exact) mass is 354 g/mol. The summed E-state index contributed by atoms with van der Waals surface area (Å²) in [6.45, 7) is 7.18. The molecule has 2 atom stereocenters. The number of nitro benzene ring substituents is 1. The average Bonchev–Trinajstić information content (AvgIpc) is 2.60. The molecule has 1 aliphatic heterocycles. The molecule has 1 saturated heterocycles. The Balaban J connectivity index is 2.05. The first-order valence-corrected chi connectivity index (χ1v) is 8.65. The maximum atomic E-state index is 13.1. The minimum absolute atomic E-state index is 0.0243. The van der Waals surface area contributed by atoms with E-state index < -0.39 is 4.92 Å². The summed E-state index contributed by atoms with van der Waals surface area (Å²) in [6, 6.07) is 11.7. The maximum absolute atomic E-state index is 13.1. The van der Waals surface area contributed by atoms with Crippen molar-refractivity contribution < 1.29 is 14.5 Å². The fraction of sp³-hybridized carbons (Fsp3) is 0.350. The molecule has 0 radical (unpaired) electrons. The van der Waals surface area contributed by atoms with Gasteiger partial charge in [-0.3, -0.25) is 14.9 Å². The molecule has 2 aromatic carbocycles. The number of carbonyl (C=O) groups excluding carboxylic acids is 1. The number of anilines is 1. The third-order valence-corrected chi connectivity index (χ3v) is 4.51. The van der Waals surface area contributed by atoms with Gasteiger partial charge in [-0.15, -0.1) is 0 Å². The first-order chi connectivity index (χ1) is 12.3. The van der Waals surface area contributed by atoms with Crippen LogP contribution in [-0.4, -0.2) is 36.0 Å². The van der Waals surface area contributed by atoms with E-state index in [9.17, 15) is 14.9 Å². The molecular weight excluding hydrogens is 332 g/mol. The first kappa shape index (κ1) is 18.1. The molecular formula is C20H22N2O4. The molecule has 0 N–H and O–H groups in total. The summed E-state index contributed by atoms with van der Waals surface area (Å²) in [5.74, 6) is -0.213. The largest absolute Gasteiger partial charge is 0.372 e. The van der Waals surface area contributed by atoms with Gasteiger partial charge >= 0.3 is 0 Å². The Kier molecular flexibility index (Phi) is 5.04. The summed E-state index contributed by atoms with van der Waals surface area (Å²) in [7, 11) is 0. The van der Waals surface area contributed by atoms with Gasteiger partial charge in [0.05, 0.1) is 22.7 Å². The molecule has 1 aliphatic rings. The number of hydrogen-bond donors (Lipinski definition) is 0. The predicted molar refractivity (Wildman–Crippen MR) is 99.9 cm³/mol. The lowest BCUT2D eigenvalue weighted by molar-refractivity contribution is -0.384. The predicted octanol–water partition coefficient (Wildman–Crippen LogP) is 3.75. The number of morpholine rings is 1. The van der Waals surface area contributed by atoms with Crippen molar-refractivity contribution >= 4 is 17.2 Å². The van der Waals surface area contributed by atoms with Crippen LogP contribution in [0.25, 0.3) is 0 Å². The van der Waals surface area contributed by atoms with Crippen LogP contribution < -0.4 is 4.90 Å². The van der Waals surface area contributed by atoms with Gasteiger partial charge < -0.3 is 9.64 Å². The number of nitrogens with zero attached hydrogens (tertiary/aromatic N) is 2. The highest BCUT2D eigenvalue weighted by molar-refractivity contribution is 6.12. The Morgan fingerprint density at radius 2 is 1.73 bits per heavy atom. The second-order valence-corrected chi connectivity index (χ2v) is 6.82. The number of hydrogen-bond acceptors (Lipinski definition) is 5. The van der Waals surface area contributed by atoms with E-state index in [2.05, 4.69) is 4.90 Å². The molecule has 0 saturated carbocycles. The zero-order valence-corrected chi connectivity index (χ0v) is 15.1. The van der Waals surface area contributed by atoms with E-state index in [1.165, 1.54) is 12.1 Å². The van der Waals surface area contributed by atoms with Crippen LogP contribution in [-0.2, 0) is 4.74 Å². The fourth-order valence-electron chi connectivity index (χ4n) is 3.33. The number of ketones is 1. The number of aryl methyl sites for hydroxylation is 1. The lowest BCUT2D eigenvalue weighted by atomic mass is 9.99. The molecule has 0 bridgehead atoms. The fourth-order valence-corrected chi connectivity index (χ4v) is 3.33. The van der Waals surface area contributed by atoms with Crippen molar-refractivity contribution in [1.82, 2.24) is 0 Å². The van der Waals surface area contributed by atoms with Gasteiger partial charge in [-0.1, -0.05) is 29.8 Å². The summed E-state index contributed by atoms with van der Waals surface area (Å²) >= 11 is 0. The topological polar surface area (TPSA) is 72.7 Å². The molecule has 26 heavy (non-hydrogen) atoms. The van der Waals surface area contributed by atoms with E-state index >= 15 is 0 Å². The van der Waals surface area contributed by atoms with E-state index in [1.54, 1.807) is 18.2 Å². The Morgan fingerprint density at radius 3 is 2.31 bits per heavy atom. The molecule has 0 aromatic heterocycles. The van der Waals surface area contributed by atoms with Crippen molar-refractivity contribution in [3.8, 4) is 0 Å². The van der Waals surface area contributed by atoms with Crippen LogP contribution in [0.15, 0.2) is 42.5 Å². The highest BCUT2D eigenvalue weighted by atomic mass is 16.6. The zero-order valence-electron chi connectivity index (χ0n) is 15.1. The molecule has 1 heterocycles. The van der Waals surface area contributed by atoms with Crippen molar-refractivity contribution in [3.63, 3.8) is 0 Å². The van der Waals surface area contributed by atoms with Crippen molar-refractivity contribution in [1.29, 1.82) is 0 Å². The van der Waals surface area contributed by atoms with Crippen molar-refractivity contribution in [2.75, 3.05) is 18.0 Å². The smallest absolute Gasteiger partial charge is 0.270 e. The van der Waals surface area contributed by atoms with Gasteiger partial charge in [-0.05, 0) is 26.8 Å². The molecule has 1 fully saturated rings. The molecule has 0 aliphatic carbocycles. The van der Waals surface area contributed by atoms with Crippen LogP contribution in [0.1, 0.15) is 35.3 Å². The highest BCUT2D eigenvalue weighted by Gasteiger charge is 2.27. The van der Waals surface area contributed by atoms with E-state index in [0.717, 1.165) is 5.56 Å². The quantitative estimate of drug-likeness (QED) is 0.475. The van der Waals surface area contributed by atoms with E-state index in [1.807, 2.05) is 32.9 Å². The molecule has 6 heteroatoms. The molecule has 0 amide bonds. The highest BCUT2D eigenvalue weighted by Crippen LogP contribution is 2.30. The Bertz CT molecular complexity index is 822. The number of nitro groups is 1. The summed E-state index contributed by atoms with van der Waals surface area (Å²) in [6.07, 6.45) is 0.0486. The minimum atomic E-state index is -0.472. The third kappa shape index (κ3) is 3.75. The molecule has 2 aromatic rings. The third-order valence-electron chi connectivity index (χ3n) is 4.51. The van der Waals surface area contributed by atoms with E-state index in [-0.39, 0.29) is 23.7 Å². The van der Waals surface area contributed by atoms with Crippen LogP contribution in [0.4, 0.5) is 11.4 Å². The molecule has 136 valence electrons. The van der Waals surface area contributed by atoms with Crippen LogP contribution in [0.2, 0.25) is 0 Å². The summed E-state index contributed by atoms with van der Waals surface area (Å²) in [4.78, 5) is 25.9. The Labute approximate surface area is 152 Å². The lowest BCUT2D eigenvalue weighted by Crippen LogP contribution is -2.46. The SMILES string of the molecule is Cc1ccc(C(=O)c2cc([N+](=O)[O-])ccc2N2C[C@H](C)O[C@@H](C)C2)cc1. The van der Waals surface area contributed by atoms with Crippen molar-refractivity contribution in [3.05, 3.63) is 69.3 Å². The number of ether oxygens (including phenoxy) is 1. The van der Waals surface area contributed by atoms with Crippen LogP contribution >= 0.6 is 0 Å². The number of benzene rings is 2. The number of non-ortho nitro benzene ring substituents is 1. The summed E-state index contributed by atoms with van der Waals surface area (Å²) < 4.78 is 5.76. The normalized spacial score (nSPS) is 20.0. The van der Waals surface area contributed by atoms with Gasteiger partial charge in [0.2, 0.25) is 0 Å². The standard InChI is InChI=1S/C20H22N2O4/c1-13-4-6-16(7-5-13)20(23)18-10-17(22(24)25)8-9-19(18)21-11-14(2)26-15(3)12-21/h4-10,14-15H,11-12H2,1-3H3/t14-,15-/m0/s1. The van der Waals surface area contributed by atoms with Crippen LogP contribution in [0.5, 0.6) is 0 Å². The van der Waals surface area contributed by atoms with Gasteiger partial charge in [0.15, 0.2) is 5.78 Å². The van der Waals surface area contributed by atoms with Crippen molar-refractivity contribution in [2.24, 2.45) is 0 Å². The Hall–Kier alpha value is -2.73. The zero-order chi connectivity index (χ0) is 18.8. The number of rotatable bonds is 4. The molecule has 0 unspecified atom stereocenters. The van der Waals surface area contributed by atoms with Crippen LogP contribution in [0, 0.1) is 17.0 Å². The minimum Gasteiger partial charge on any atom is -0.372 e. The second kappa shape index (κ2) is 7.25. The number of carbonyl (C=O) groups is 1. The van der Waals surface area contributed by atoms with Gasteiger partial charge in [0.25, 0.3) is 5.69 Å². The second-order valence-electron chi connectivity index (χ2n) is 6.82. The van der Waals surface area contributed by atoms with Crippen LogP contribution in [0.3, 0.4) is 0 Å². The van der Waals surface area contributed by atoms with Gasteiger partial charge in [0.1, 0.15) is 0 Å². The Morgan fingerprint density at radius 1 is 1.12 bits per heavy atom. The van der Waals surface area contributed by atoms with Crippen molar-refractivity contribution in [2.45, 2.75) is 33.0 Å².